The molecule has 2 aromatic carbocycles. The van der Waals surface area contributed by atoms with Gasteiger partial charge in [-0.05, 0) is 18.2 Å². The molecule has 0 aliphatic rings. The zero-order valence-electron chi connectivity index (χ0n) is 15.0. The minimum atomic E-state index is -0.409. The van der Waals surface area contributed by atoms with Crippen LogP contribution in [0.2, 0.25) is 0 Å². The molecule has 2 heterocycles. The van der Waals surface area contributed by atoms with Crippen LogP contribution in [0, 0.1) is 0 Å². The Kier molecular flexibility index (Phi) is 4.42. The molecule has 5 N–H and O–H groups in total. The standard InChI is InChI=1S/C19H18N6O3/c1-28-14-9-5-4-8-13(14)25-17-15(22-19(25)27)16(20)23-18(24-17)21-12-7-3-2-6-11(12)10-26/h2-9,26H,10H2,1H3,(H,22,27)(H3,20,21,23,24). The number of nitrogens with one attached hydrogen (secondary N) is 2. The number of para-hydroxylation sites is 3. The third-order valence-electron chi connectivity index (χ3n) is 4.32. The average Bonchev–Trinajstić information content (AvgIpc) is 3.04. The van der Waals surface area contributed by atoms with Crippen molar-refractivity contribution in [2.75, 3.05) is 18.2 Å². The predicted molar refractivity (Wildman–Crippen MR) is 106 cm³/mol. The molecule has 28 heavy (non-hydrogen) atoms. The van der Waals surface area contributed by atoms with Gasteiger partial charge in [0.25, 0.3) is 0 Å². The first kappa shape index (κ1) is 17.6. The van der Waals surface area contributed by atoms with Crippen LogP contribution in [-0.4, -0.2) is 31.7 Å². The maximum Gasteiger partial charge on any atom is 0.332 e. The van der Waals surface area contributed by atoms with Gasteiger partial charge in [-0.2, -0.15) is 9.97 Å². The van der Waals surface area contributed by atoms with Gasteiger partial charge in [0.15, 0.2) is 11.5 Å². The molecule has 142 valence electrons. The predicted octanol–water partition coefficient (Wildman–Crippen LogP) is 1.94. The highest BCUT2D eigenvalue weighted by Crippen LogP contribution is 2.26. The maximum atomic E-state index is 12.6. The number of imidazole rings is 1. The number of hydrogen-bond acceptors (Lipinski definition) is 7. The lowest BCUT2D eigenvalue weighted by molar-refractivity contribution is 0.282. The summed E-state index contributed by atoms with van der Waals surface area (Å²) in [7, 11) is 1.53. The Morgan fingerprint density at radius 2 is 1.93 bits per heavy atom. The largest absolute Gasteiger partial charge is 0.495 e. The fraction of sp³-hybridized carbons (Fsp3) is 0.105. The number of rotatable bonds is 5. The van der Waals surface area contributed by atoms with E-state index >= 15 is 0 Å². The Hall–Kier alpha value is -3.85. The van der Waals surface area contributed by atoms with Gasteiger partial charge < -0.3 is 25.9 Å². The Morgan fingerprint density at radius 3 is 2.71 bits per heavy atom. The van der Waals surface area contributed by atoms with Crippen molar-refractivity contribution in [3.05, 3.63) is 64.6 Å². The lowest BCUT2D eigenvalue weighted by atomic mass is 10.2. The summed E-state index contributed by atoms with van der Waals surface area (Å²) < 4.78 is 6.75. The fourth-order valence-corrected chi connectivity index (χ4v) is 3.00. The summed E-state index contributed by atoms with van der Waals surface area (Å²) in [5.41, 5.74) is 8.14. The van der Waals surface area contributed by atoms with Gasteiger partial charge in [-0.25, -0.2) is 9.36 Å². The van der Waals surface area contributed by atoms with Crippen LogP contribution in [0.15, 0.2) is 53.3 Å². The summed E-state index contributed by atoms with van der Waals surface area (Å²) in [5.74, 6) is 0.844. The highest BCUT2D eigenvalue weighted by atomic mass is 16.5. The van der Waals surface area contributed by atoms with Crippen LogP contribution >= 0.6 is 0 Å². The topological polar surface area (TPSA) is 131 Å². The van der Waals surface area contributed by atoms with Gasteiger partial charge >= 0.3 is 5.69 Å². The van der Waals surface area contributed by atoms with Crippen LogP contribution in [-0.2, 0) is 6.61 Å². The summed E-state index contributed by atoms with van der Waals surface area (Å²) in [6, 6.07) is 14.3. The molecule has 2 aromatic heterocycles. The van der Waals surface area contributed by atoms with Crippen molar-refractivity contribution in [1.82, 2.24) is 19.5 Å². The third kappa shape index (κ3) is 2.93. The fourth-order valence-electron chi connectivity index (χ4n) is 3.00. The number of aliphatic hydroxyl groups is 1. The van der Waals surface area contributed by atoms with Gasteiger partial charge in [0, 0.05) is 11.3 Å². The van der Waals surface area contributed by atoms with Gasteiger partial charge in [-0.3, -0.25) is 0 Å². The number of benzene rings is 2. The van der Waals surface area contributed by atoms with Crippen LogP contribution in [0.25, 0.3) is 16.9 Å². The Morgan fingerprint density at radius 1 is 1.18 bits per heavy atom. The van der Waals surface area contributed by atoms with E-state index in [1.165, 1.54) is 11.7 Å². The molecule has 0 bridgehead atoms. The van der Waals surface area contributed by atoms with Crippen molar-refractivity contribution in [1.29, 1.82) is 0 Å². The SMILES string of the molecule is COc1ccccc1-n1c(=O)[nH]c2c(N)nc(Nc3ccccc3CO)nc21. The van der Waals surface area contributed by atoms with Crippen molar-refractivity contribution >= 4 is 28.6 Å². The zero-order valence-corrected chi connectivity index (χ0v) is 15.0. The van der Waals surface area contributed by atoms with Gasteiger partial charge in [-0.15, -0.1) is 0 Å². The molecule has 0 fully saturated rings. The molecule has 0 unspecified atom stereocenters. The molecule has 0 aliphatic carbocycles. The number of anilines is 3. The zero-order chi connectivity index (χ0) is 19.7. The normalized spacial score (nSPS) is 10.9. The van der Waals surface area contributed by atoms with Crippen LogP contribution in [0.5, 0.6) is 5.75 Å². The molecule has 0 spiro atoms. The van der Waals surface area contributed by atoms with Crippen LogP contribution < -0.4 is 21.5 Å². The molecule has 9 heteroatoms. The number of nitrogen functional groups attached to an aromatic ring is 1. The lowest BCUT2D eigenvalue weighted by Crippen LogP contribution is -2.16. The summed E-state index contributed by atoms with van der Waals surface area (Å²) in [6.07, 6.45) is 0. The minimum absolute atomic E-state index is 0.125. The van der Waals surface area contributed by atoms with E-state index < -0.39 is 5.69 Å². The minimum Gasteiger partial charge on any atom is -0.495 e. The van der Waals surface area contributed by atoms with E-state index in [2.05, 4.69) is 20.3 Å². The van der Waals surface area contributed by atoms with Crippen LogP contribution in [0.1, 0.15) is 5.56 Å². The summed E-state index contributed by atoms with van der Waals surface area (Å²) >= 11 is 0. The number of aliphatic hydroxyl groups excluding tert-OH is 1. The molecule has 9 nitrogen and oxygen atoms in total. The summed E-state index contributed by atoms with van der Waals surface area (Å²) in [4.78, 5) is 24.0. The smallest absolute Gasteiger partial charge is 0.332 e. The molecule has 0 aliphatic heterocycles. The second-order valence-corrected chi connectivity index (χ2v) is 6.01. The number of fused-ring (bicyclic) bond motifs is 1. The number of aromatic amines is 1. The van der Waals surface area contributed by atoms with Crippen molar-refractivity contribution in [2.24, 2.45) is 0 Å². The van der Waals surface area contributed by atoms with E-state index in [1.807, 2.05) is 18.2 Å². The number of nitrogens with two attached hydrogens (primary N) is 1. The van der Waals surface area contributed by atoms with Gasteiger partial charge in [0.2, 0.25) is 5.95 Å². The van der Waals surface area contributed by atoms with E-state index in [9.17, 15) is 9.90 Å². The van der Waals surface area contributed by atoms with E-state index in [-0.39, 0.29) is 18.4 Å². The van der Waals surface area contributed by atoms with Gasteiger partial charge in [-0.1, -0.05) is 30.3 Å². The van der Waals surface area contributed by atoms with Crippen molar-refractivity contribution in [2.45, 2.75) is 6.61 Å². The van der Waals surface area contributed by atoms with E-state index in [4.69, 9.17) is 10.5 Å². The molecule has 4 rings (SSSR count). The van der Waals surface area contributed by atoms with E-state index in [0.29, 0.717) is 33.9 Å². The molecule has 0 atom stereocenters. The number of aromatic nitrogens is 4. The number of H-pyrrole nitrogens is 1. The molecule has 0 radical (unpaired) electrons. The Balaban J connectivity index is 1.89. The van der Waals surface area contributed by atoms with Gasteiger partial charge in [0.05, 0.1) is 19.4 Å². The average molecular weight is 378 g/mol. The highest BCUT2D eigenvalue weighted by molar-refractivity contribution is 5.85. The Labute approximate surface area is 159 Å². The summed E-state index contributed by atoms with van der Waals surface area (Å²) in [6.45, 7) is -0.142. The Bertz CT molecular complexity index is 1210. The number of ether oxygens (including phenoxy) is 1. The van der Waals surface area contributed by atoms with E-state index in [1.54, 1.807) is 30.3 Å². The molecule has 0 saturated carbocycles. The number of hydrogen-bond donors (Lipinski definition) is 4. The molecule has 0 saturated heterocycles. The molecule has 4 aromatic rings. The van der Waals surface area contributed by atoms with Crippen molar-refractivity contribution < 1.29 is 9.84 Å². The van der Waals surface area contributed by atoms with Gasteiger partial charge in [0.1, 0.15) is 11.3 Å². The molecular weight excluding hydrogens is 360 g/mol. The third-order valence-corrected chi connectivity index (χ3v) is 4.32. The second kappa shape index (κ2) is 7.05. The quantitative estimate of drug-likeness (QED) is 0.417. The summed E-state index contributed by atoms with van der Waals surface area (Å²) in [5, 5.41) is 12.6. The van der Waals surface area contributed by atoms with Crippen LogP contribution in [0.3, 0.4) is 0 Å². The van der Waals surface area contributed by atoms with Crippen LogP contribution in [0.4, 0.5) is 17.5 Å². The lowest BCUT2D eigenvalue weighted by Gasteiger charge is -2.11. The maximum absolute atomic E-state index is 12.6. The van der Waals surface area contributed by atoms with Crippen molar-refractivity contribution in [3.63, 3.8) is 0 Å². The van der Waals surface area contributed by atoms with E-state index in [0.717, 1.165) is 0 Å². The monoisotopic (exact) mass is 378 g/mol. The molecular formula is C19H18N6O3. The van der Waals surface area contributed by atoms with Crippen molar-refractivity contribution in [3.8, 4) is 11.4 Å². The number of nitrogens with zero attached hydrogens (tertiary/aromatic N) is 3. The number of methoxy groups -OCH3 is 1. The first-order valence-electron chi connectivity index (χ1n) is 8.49. The molecule has 0 amide bonds. The first-order chi connectivity index (χ1) is 13.6. The first-order valence-corrected chi connectivity index (χ1v) is 8.49. The second-order valence-electron chi connectivity index (χ2n) is 6.01. The highest BCUT2D eigenvalue weighted by Gasteiger charge is 2.18.